The van der Waals surface area contributed by atoms with Gasteiger partial charge in [0.2, 0.25) is 0 Å². The molecular formula is C16H16FNO3. The van der Waals surface area contributed by atoms with Crippen LogP contribution in [0.5, 0.6) is 5.75 Å². The number of carbonyl (C=O) groups is 1. The highest BCUT2D eigenvalue weighted by Crippen LogP contribution is 2.30. The standard InChI is InChI=1S/C16H16FNO3/c1-2-20-16(19)14-4-3-7-18(14)10-13-9-11-8-12(17)5-6-15(11)21-13/h3-8,13H,2,9-10H2,1H3. The van der Waals surface area contributed by atoms with Crippen molar-refractivity contribution in [3.63, 3.8) is 0 Å². The molecule has 0 saturated heterocycles. The molecule has 21 heavy (non-hydrogen) atoms. The number of halogens is 1. The summed E-state index contributed by atoms with van der Waals surface area (Å²) in [4.78, 5) is 11.8. The predicted octanol–water partition coefficient (Wildman–Crippen LogP) is 2.81. The lowest BCUT2D eigenvalue weighted by Crippen LogP contribution is -2.23. The van der Waals surface area contributed by atoms with Crippen LogP contribution in [0.2, 0.25) is 0 Å². The van der Waals surface area contributed by atoms with E-state index in [2.05, 4.69) is 0 Å². The molecule has 0 amide bonds. The van der Waals surface area contributed by atoms with Crippen molar-refractivity contribution in [2.45, 2.75) is 26.0 Å². The minimum absolute atomic E-state index is 0.109. The smallest absolute Gasteiger partial charge is 0.354 e. The highest BCUT2D eigenvalue weighted by atomic mass is 19.1. The Kier molecular flexibility index (Phi) is 3.64. The largest absolute Gasteiger partial charge is 0.488 e. The van der Waals surface area contributed by atoms with Crippen molar-refractivity contribution in [1.29, 1.82) is 0 Å². The van der Waals surface area contributed by atoms with Crippen LogP contribution in [-0.2, 0) is 17.7 Å². The zero-order valence-corrected chi connectivity index (χ0v) is 11.7. The van der Waals surface area contributed by atoms with Crippen LogP contribution < -0.4 is 4.74 Å². The van der Waals surface area contributed by atoms with Crippen molar-refractivity contribution < 1.29 is 18.7 Å². The Morgan fingerprint density at radius 1 is 1.48 bits per heavy atom. The van der Waals surface area contributed by atoms with Crippen molar-refractivity contribution in [3.8, 4) is 5.75 Å². The summed E-state index contributed by atoms with van der Waals surface area (Å²) < 4.78 is 25.8. The summed E-state index contributed by atoms with van der Waals surface area (Å²) in [5, 5.41) is 0. The maximum Gasteiger partial charge on any atom is 0.354 e. The van der Waals surface area contributed by atoms with Gasteiger partial charge in [0.25, 0.3) is 0 Å². The van der Waals surface area contributed by atoms with E-state index in [1.807, 2.05) is 10.8 Å². The maximum atomic E-state index is 13.2. The lowest BCUT2D eigenvalue weighted by molar-refractivity contribution is 0.0511. The molecule has 1 unspecified atom stereocenters. The molecule has 0 aliphatic carbocycles. The van der Waals surface area contributed by atoms with Gasteiger partial charge in [-0.2, -0.15) is 0 Å². The van der Waals surface area contributed by atoms with Gasteiger partial charge in [-0.05, 0) is 37.3 Å². The van der Waals surface area contributed by atoms with Crippen LogP contribution in [0.15, 0.2) is 36.5 Å². The molecule has 1 atom stereocenters. The van der Waals surface area contributed by atoms with Crippen LogP contribution in [0.1, 0.15) is 23.0 Å². The van der Waals surface area contributed by atoms with E-state index in [1.165, 1.54) is 12.1 Å². The fourth-order valence-corrected chi connectivity index (χ4v) is 2.57. The van der Waals surface area contributed by atoms with Crippen LogP contribution in [0.25, 0.3) is 0 Å². The van der Waals surface area contributed by atoms with Crippen molar-refractivity contribution in [1.82, 2.24) is 4.57 Å². The lowest BCUT2D eigenvalue weighted by Gasteiger charge is -2.14. The molecule has 0 spiro atoms. The van der Waals surface area contributed by atoms with Crippen LogP contribution >= 0.6 is 0 Å². The zero-order valence-electron chi connectivity index (χ0n) is 11.7. The predicted molar refractivity (Wildman–Crippen MR) is 74.9 cm³/mol. The number of carbonyl (C=O) groups excluding carboxylic acids is 1. The summed E-state index contributed by atoms with van der Waals surface area (Å²) in [6.45, 7) is 2.64. The number of hydrogen-bond donors (Lipinski definition) is 0. The quantitative estimate of drug-likeness (QED) is 0.813. The van der Waals surface area contributed by atoms with Gasteiger partial charge in [0, 0.05) is 18.2 Å². The van der Waals surface area contributed by atoms with Crippen LogP contribution in [0, 0.1) is 5.82 Å². The Labute approximate surface area is 122 Å². The summed E-state index contributed by atoms with van der Waals surface area (Å²) in [6.07, 6.45) is 2.34. The van der Waals surface area contributed by atoms with Crippen molar-refractivity contribution >= 4 is 5.97 Å². The fourth-order valence-electron chi connectivity index (χ4n) is 2.57. The summed E-state index contributed by atoms with van der Waals surface area (Å²) in [6, 6.07) is 8.05. The molecule has 0 saturated carbocycles. The van der Waals surface area contributed by atoms with Gasteiger partial charge in [0.1, 0.15) is 23.4 Å². The third-order valence-corrected chi connectivity index (χ3v) is 3.48. The van der Waals surface area contributed by atoms with Gasteiger partial charge in [-0.25, -0.2) is 9.18 Å². The van der Waals surface area contributed by atoms with Gasteiger partial charge in [-0.1, -0.05) is 0 Å². The number of aromatic nitrogens is 1. The normalized spacial score (nSPS) is 16.4. The highest BCUT2D eigenvalue weighted by Gasteiger charge is 2.25. The molecular weight excluding hydrogens is 273 g/mol. The van der Waals surface area contributed by atoms with Crippen molar-refractivity contribution in [3.05, 3.63) is 53.6 Å². The van der Waals surface area contributed by atoms with Crippen molar-refractivity contribution in [2.24, 2.45) is 0 Å². The SMILES string of the molecule is CCOC(=O)c1cccn1CC1Cc2cc(F)ccc2O1. The molecule has 0 N–H and O–H groups in total. The van der Waals surface area contributed by atoms with E-state index in [0.29, 0.717) is 31.0 Å². The topological polar surface area (TPSA) is 40.5 Å². The molecule has 0 radical (unpaired) electrons. The zero-order chi connectivity index (χ0) is 14.8. The number of benzene rings is 1. The summed E-state index contributed by atoms with van der Waals surface area (Å²) in [5.41, 5.74) is 1.37. The van der Waals surface area contributed by atoms with Crippen molar-refractivity contribution in [2.75, 3.05) is 6.61 Å². The minimum Gasteiger partial charge on any atom is -0.488 e. The number of esters is 1. The molecule has 2 aromatic rings. The Hall–Kier alpha value is -2.30. The van der Waals surface area contributed by atoms with Crippen LogP contribution in [-0.4, -0.2) is 23.2 Å². The number of fused-ring (bicyclic) bond motifs is 1. The fraction of sp³-hybridized carbons (Fsp3) is 0.312. The van der Waals surface area contributed by atoms with Crippen LogP contribution in [0.3, 0.4) is 0 Å². The highest BCUT2D eigenvalue weighted by molar-refractivity contribution is 5.87. The van der Waals surface area contributed by atoms with Gasteiger partial charge in [-0.3, -0.25) is 0 Å². The first kappa shape index (κ1) is 13.7. The first-order chi connectivity index (χ1) is 10.2. The van der Waals surface area contributed by atoms with Gasteiger partial charge < -0.3 is 14.0 Å². The molecule has 3 rings (SSSR count). The van der Waals surface area contributed by atoms with Crippen LogP contribution in [0.4, 0.5) is 4.39 Å². The second-order valence-electron chi connectivity index (χ2n) is 4.96. The number of hydrogen-bond acceptors (Lipinski definition) is 3. The Morgan fingerprint density at radius 3 is 3.14 bits per heavy atom. The molecule has 1 aliphatic heterocycles. The average molecular weight is 289 g/mol. The van der Waals surface area contributed by atoms with Gasteiger partial charge >= 0.3 is 5.97 Å². The molecule has 5 heteroatoms. The summed E-state index contributed by atoms with van der Waals surface area (Å²) >= 11 is 0. The molecule has 0 bridgehead atoms. The average Bonchev–Trinajstić information content (AvgIpc) is 3.05. The molecule has 1 aromatic heterocycles. The lowest BCUT2D eigenvalue weighted by atomic mass is 10.1. The molecule has 110 valence electrons. The van der Waals surface area contributed by atoms with E-state index in [1.54, 1.807) is 25.1 Å². The van der Waals surface area contributed by atoms with E-state index < -0.39 is 0 Å². The second kappa shape index (κ2) is 5.60. The van der Waals surface area contributed by atoms with E-state index in [0.717, 1.165) is 5.56 Å². The maximum absolute atomic E-state index is 13.2. The van der Waals surface area contributed by atoms with E-state index in [4.69, 9.17) is 9.47 Å². The third-order valence-electron chi connectivity index (χ3n) is 3.48. The monoisotopic (exact) mass is 289 g/mol. The molecule has 1 aromatic carbocycles. The number of nitrogens with zero attached hydrogens (tertiary/aromatic N) is 1. The first-order valence-corrected chi connectivity index (χ1v) is 6.94. The third kappa shape index (κ3) is 2.77. The Bertz CT molecular complexity index is 665. The Morgan fingerprint density at radius 2 is 2.33 bits per heavy atom. The van der Waals surface area contributed by atoms with E-state index in [9.17, 15) is 9.18 Å². The Balaban J connectivity index is 1.72. The first-order valence-electron chi connectivity index (χ1n) is 6.94. The minimum atomic E-state index is -0.343. The molecule has 4 nitrogen and oxygen atoms in total. The van der Waals surface area contributed by atoms with Gasteiger partial charge in [0.15, 0.2) is 0 Å². The number of rotatable bonds is 4. The van der Waals surface area contributed by atoms with Gasteiger partial charge in [0.05, 0.1) is 13.2 Å². The summed E-state index contributed by atoms with van der Waals surface area (Å²) in [5.74, 6) is 0.112. The molecule has 1 aliphatic rings. The summed E-state index contributed by atoms with van der Waals surface area (Å²) in [7, 11) is 0. The van der Waals surface area contributed by atoms with E-state index in [-0.39, 0.29) is 17.9 Å². The molecule has 2 heterocycles. The molecule has 0 fully saturated rings. The van der Waals surface area contributed by atoms with E-state index >= 15 is 0 Å². The van der Waals surface area contributed by atoms with Gasteiger partial charge in [-0.15, -0.1) is 0 Å². The second-order valence-corrected chi connectivity index (χ2v) is 4.96. The number of ether oxygens (including phenoxy) is 2.